The zero-order chi connectivity index (χ0) is 22.2. The number of ether oxygens (including phenoxy) is 1. The van der Waals surface area contributed by atoms with Gasteiger partial charge < -0.3 is 20.1 Å². The number of nitrogens with one attached hydrogen (secondary N) is 1. The van der Waals surface area contributed by atoms with Crippen LogP contribution in [0.4, 0.5) is 5.82 Å². The van der Waals surface area contributed by atoms with Crippen molar-refractivity contribution >= 4 is 11.8 Å². The highest BCUT2D eigenvalue weighted by molar-refractivity contribution is 5.68. The molecular weight excluding hydrogens is 402 g/mol. The fourth-order valence-electron chi connectivity index (χ4n) is 4.81. The van der Waals surface area contributed by atoms with Crippen molar-refractivity contribution in [2.75, 3.05) is 38.1 Å². The van der Waals surface area contributed by atoms with Gasteiger partial charge in [-0.2, -0.15) is 0 Å². The molecule has 1 fully saturated rings. The number of pyridine rings is 1. The van der Waals surface area contributed by atoms with E-state index in [0.29, 0.717) is 6.61 Å². The number of benzene rings is 1. The highest BCUT2D eigenvalue weighted by Crippen LogP contribution is 2.23. The van der Waals surface area contributed by atoms with E-state index in [2.05, 4.69) is 22.3 Å². The van der Waals surface area contributed by atoms with Gasteiger partial charge in [0.25, 0.3) is 0 Å². The lowest BCUT2D eigenvalue weighted by molar-refractivity contribution is -0.138. The van der Waals surface area contributed by atoms with Crippen molar-refractivity contribution in [3.8, 4) is 0 Å². The van der Waals surface area contributed by atoms with E-state index in [-0.39, 0.29) is 18.4 Å². The summed E-state index contributed by atoms with van der Waals surface area (Å²) in [4.78, 5) is 18.6. The van der Waals surface area contributed by atoms with Crippen LogP contribution in [0.25, 0.3) is 0 Å². The van der Waals surface area contributed by atoms with E-state index >= 15 is 0 Å². The van der Waals surface area contributed by atoms with Gasteiger partial charge in [0.1, 0.15) is 5.82 Å². The van der Waals surface area contributed by atoms with Crippen LogP contribution in [0.1, 0.15) is 54.8 Å². The van der Waals surface area contributed by atoms with E-state index < -0.39 is 5.97 Å². The number of hydrogen-bond acceptors (Lipinski definition) is 5. The standard InChI is InChI=1S/C26H35N3O3/c30-25(31)17-22(20-7-2-1-3-8-20)19-32-24-11-6-16-29(18-24)15-5-10-23-13-12-21-9-4-14-27-26(21)28-23/h1-3,7-8,12-13,22,24H,4-6,9-11,14-19H2,(H,27,28)(H,30,31)/t22?,24-/m0/s1. The molecule has 2 N–H and O–H groups in total. The minimum Gasteiger partial charge on any atom is -0.481 e. The molecule has 2 aromatic rings. The number of fused-ring (bicyclic) bond motifs is 1. The molecule has 2 atom stereocenters. The molecule has 4 rings (SSSR count). The van der Waals surface area contributed by atoms with E-state index in [1.807, 2.05) is 30.3 Å². The summed E-state index contributed by atoms with van der Waals surface area (Å²) in [6.45, 7) is 4.56. The van der Waals surface area contributed by atoms with E-state index in [9.17, 15) is 9.90 Å². The van der Waals surface area contributed by atoms with Gasteiger partial charge >= 0.3 is 5.97 Å². The molecule has 172 valence electrons. The number of hydrogen-bond donors (Lipinski definition) is 2. The lowest BCUT2D eigenvalue weighted by Gasteiger charge is -2.33. The van der Waals surface area contributed by atoms with Gasteiger partial charge in [-0.1, -0.05) is 36.4 Å². The minimum atomic E-state index is -0.779. The maximum atomic E-state index is 11.3. The lowest BCUT2D eigenvalue weighted by Crippen LogP contribution is -2.40. The Morgan fingerprint density at radius 3 is 2.94 bits per heavy atom. The zero-order valence-corrected chi connectivity index (χ0v) is 18.8. The van der Waals surface area contributed by atoms with E-state index in [4.69, 9.17) is 9.72 Å². The van der Waals surface area contributed by atoms with Gasteiger partial charge in [-0.05, 0) is 68.8 Å². The molecule has 0 amide bonds. The number of nitrogens with zero attached hydrogens (tertiary/aromatic N) is 2. The molecule has 0 aliphatic carbocycles. The fraction of sp³-hybridized carbons (Fsp3) is 0.538. The zero-order valence-electron chi connectivity index (χ0n) is 18.8. The Morgan fingerprint density at radius 1 is 1.22 bits per heavy atom. The van der Waals surface area contributed by atoms with Crippen LogP contribution in [-0.4, -0.2) is 59.8 Å². The fourth-order valence-corrected chi connectivity index (χ4v) is 4.81. The quantitative estimate of drug-likeness (QED) is 0.583. The summed E-state index contributed by atoms with van der Waals surface area (Å²) in [5.74, 6) is 0.195. The lowest BCUT2D eigenvalue weighted by atomic mass is 9.96. The van der Waals surface area contributed by atoms with Crippen molar-refractivity contribution in [2.24, 2.45) is 0 Å². The number of likely N-dealkylation sites (tertiary alicyclic amines) is 1. The van der Waals surface area contributed by atoms with Crippen LogP contribution < -0.4 is 5.32 Å². The van der Waals surface area contributed by atoms with Crippen molar-refractivity contribution in [2.45, 2.75) is 57.0 Å². The van der Waals surface area contributed by atoms with Crippen molar-refractivity contribution in [1.82, 2.24) is 9.88 Å². The van der Waals surface area contributed by atoms with Gasteiger partial charge in [-0.15, -0.1) is 0 Å². The van der Waals surface area contributed by atoms with E-state index in [1.165, 1.54) is 17.7 Å². The van der Waals surface area contributed by atoms with Gasteiger partial charge in [0.05, 0.1) is 19.1 Å². The van der Waals surface area contributed by atoms with Gasteiger partial charge in [0.2, 0.25) is 0 Å². The first kappa shape index (κ1) is 22.7. The topological polar surface area (TPSA) is 74.7 Å². The van der Waals surface area contributed by atoms with Crippen molar-refractivity contribution in [3.63, 3.8) is 0 Å². The number of rotatable bonds is 10. The normalized spacial score (nSPS) is 19.7. The molecule has 6 heteroatoms. The molecule has 1 aromatic heterocycles. The van der Waals surface area contributed by atoms with Crippen LogP contribution in [0.5, 0.6) is 0 Å². The summed E-state index contributed by atoms with van der Waals surface area (Å²) in [5.41, 5.74) is 3.55. The van der Waals surface area contributed by atoms with Gasteiger partial charge in [0.15, 0.2) is 0 Å². The Balaban J connectivity index is 1.23. The van der Waals surface area contributed by atoms with E-state index in [1.54, 1.807) is 0 Å². The summed E-state index contributed by atoms with van der Waals surface area (Å²) in [5, 5.41) is 12.7. The first-order valence-electron chi connectivity index (χ1n) is 12.0. The number of aliphatic carboxylic acids is 1. The van der Waals surface area contributed by atoms with Crippen LogP contribution in [-0.2, 0) is 22.4 Å². The molecule has 6 nitrogen and oxygen atoms in total. The van der Waals surface area contributed by atoms with Crippen molar-refractivity contribution in [3.05, 3.63) is 59.3 Å². The molecule has 3 heterocycles. The predicted octanol–water partition coefficient (Wildman–Crippen LogP) is 4.11. The molecule has 1 aromatic carbocycles. The second-order valence-electron chi connectivity index (χ2n) is 9.05. The van der Waals surface area contributed by atoms with Crippen molar-refractivity contribution in [1.29, 1.82) is 0 Å². The first-order chi connectivity index (χ1) is 15.7. The predicted molar refractivity (Wildman–Crippen MR) is 126 cm³/mol. The van der Waals surface area contributed by atoms with E-state index in [0.717, 1.165) is 69.7 Å². The second kappa shape index (κ2) is 11.4. The number of carboxylic acids is 1. The monoisotopic (exact) mass is 437 g/mol. The Morgan fingerprint density at radius 2 is 2.09 bits per heavy atom. The Labute approximate surface area is 191 Å². The van der Waals surface area contributed by atoms with Gasteiger partial charge in [-0.25, -0.2) is 4.98 Å². The molecule has 2 aliphatic rings. The van der Waals surface area contributed by atoms with Crippen molar-refractivity contribution < 1.29 is 14.6 Å². The van der Waals surface area contributed by atoms with Crippen LogP contribution in [0, 0.1) is 0 Å². The van der Waals surface area contributed by atoms with Crippen LogP contribution in [0.3, 0.4) is 0 Å². The van der Waals surface area contributed by atoms with Crippen LogP contribution in [0.2, 0.25) is 0 Å². The average Bonchev–Trinajstić information content (AvgIpc) is 2.82. The summed E-state index contributed by atoms with van der Waals surface area (Å²) in [6, 6.07) is 14.3. The third-order valence-corrected chi connectivity index (χ3v) is 6.55. The average molecular weight is 438 g/mol. The number of aromatic nitrogens is 1. The number of carboxylic acid groups (broad SMARTS) is 1. The Kier molecular flexibility index (Phi) is 8.13. The molecule has 1 unspecified atom stereocenters. The number of aryl methyl sites for hydroxylation is 2. The SMILES string of the molecule is O=C(O)CC(CO[C@H]1CCCN(CCCc2ccc3c(n2)NCCC3)C1)c1ccccc1. The first-order valence-corrected chi connectivity index (χ1v) is 12.0. The number of carbonyl (C=O) groups is 1. The molecule has 0 bridgehead atoms. The molecule has 2 aliphatic heterocycles. The maximum Gasteiger partial charge on any atom is 0.304 e. The molecule has 0 spiro atoms. The Hall–Kier alpha value is -2.44. The molecule has 0 saturated carbocycles. The molecule has 1 saturated heterocycles. The highest BCUT2D eigenvalue weighted by atomic mass is 16.5. The largest absolute Gasteiger partial charge is 0.481 e. The third-order valence-electron chi connectivity index (χ3n) is 6.55. The highest BCUT2D eigenvalue weighted by Gasteiger charge is 2.23. The van der Waals surface area contributed by atoms with Crippen LogP contribution in [0.15, 0.2) is 42.5 Å². The van der Waals surface area contributed by atoms with Gasteiger partial charge in [-0.3, -0.25) is 4.79 Å². The number of anilines is 1. The minimum absolute atomic E-state index is 0.100. The third kappa shape index (κ3) is 6.53. The summed E-state index contributed by atoms with van der Waals surface area (Å²) < 4.78 is 6.23. The molecule has 32 heavy (non-hydrogen) atoms. The van der Waals surface area contributed by atoms with Crippen LogP contribution >= 0.6 is 0 Å². The molecular formula is C26H35N3O3. The summed E-state index contributed by atoms with van der Waals surface area (Å²) in [6.07, 6.45) is 6.84. The second-order valence-corrected chi connectivity index (χ2v) is 9.05. The maximum absolute atomic E-state index is 11.3. The Bertz CT molecular complexity index is 874. The van der Waals surface area contributed by atoms with Gasteiger partial charge in [0, 0.05) is 24.7 Å². The molecule has 0 radical (unpaired) electrons. The number of piperidine rings is 1. The summed E-state index contributed by atoms with van der Waals surface area (Å²) >= 11 is 0. The summed E-state index contributed by atoms with van der Waals surface area (Å²) in [7, 11) is 0. The smallest absolute Gasteiger partial charge is 0.304 e.